The monoisotopic (exact) mass is 273 g/mol. The minimum atomic E-state index is -0.358. The first-order valence-corrected chi connectivity index (χ1v) is 7.71. The lowest BCUT2D eigenvalue weighted by molar-refractivity contribution is -0.124. The quantitative estimate of drug-likeness (QED) is 0.889. The molecule has 0 spiro atoms. The van der Waals surface area contributed by atoms with Crippen LogP contribution in [0.25, 0.3) is 0 Å². The average Bonchev–Trinajstić information content (AvgIpc) is 3.22. The zero-order valence-electron chi connectivity index (χ0n) is 12.0. The van der Waals surface area contributed by atoms with Crippen LogP contribution in [-0.4, -0.2) is 23.2 Å². The van der Waals surface area contributed by atoms with Crippen molar-refractivity contribution in [2.24, 2.45) is 5.92 Å². The highest BCUT2D eigenvalue weighted by atomic mass is 16.3. The van der Waals surface area contributed by atoms with Crippen LogP contribution in [-0.2, 0) is 4.79 Å². The number of aliphatic hydroxyl groups is 1. The number of aliphatic hydroxyl groups excluding tert-OH is 1. The van der Waals surface area contributed by atoms with E-state index in [1.165, 1.54) is 11.1 Å². The first-order valence-electron chi connectivity index (χ1n) is 7.71. The zero-order chi connectivity index (χ0) is 14.1. The van der Waals surface area contributed by atoms with Gasteiger partial charge in [-0.1, -0.05) is 37.1 Å². The molecule has 0 aromatic heterocycles. The van der Waals surface area contributed by atoms with Gasteiger partial charge in [-0.3, -0.25) is 4.79 Å². The number of carbonyl (C=O) groups excluding carboxylic acids is 1. The van der Waals surface area contributed by atoms with Crippen molar-refractivity contribution in [3.05, 3.63) is 35.4 Å². The number of hydrogen-bond donors (Lipinski definition) is 2. The van der Waals surface area contributed by atoms with E-state index in [0.717, 1.165) is 32.1 Å². The van der Waals surface area contributed by atoms with E-state index in [2.05, 4.69) is 24.4 Å². The fraction of sp³-hybridized carbons (Fsp3) is 0.588. The summed E-state index contributed by atoms with van der Waals surface area (Å²) in [6.45, 7) is 2.10. The van der Waals surface area contributed by atoms with E-state index in [-0.39, 0.29) is 24.0 Å². The van der Waals surface area contributed by atoms with Crippen LogP contribution in [0.15, 0.2) is 24.3 Å². The van der Waals surface area contributed by atoms with Gasteiger partial charge in [0.05, 0.1) is 12.1 Å². The second kappa shape index (κ2) is 5.57. The van der Waals surface area contributed by atoms with Crippen LogP contribution < -0.4 is 5.32 Å². The second-order valence-corrected chi connectivity index (χ2v) is 6.27. The number of amides is 1. The smallest absolute Gasteiger partial charge is 0.224 e. The SMILES string of the molecule is Cc1ccccc1C1CC1C(=O)NC1CCCCC1O. The molecule has 2 fully saturated rings. The summed E-state index contributed by atoms with van der Waals surface area (Å²) in [5.41, 5.74) is 2.57. The lowest BCUT2D eigenvalue weighted by Crippen LogP contribution is -2.45. The van der Waals surface area contributed by atoms with Gasteiger partial charge in [0.2, 0.25) is 5.91 Å². The average molecular weight is 273 g/mol. The van der Waals surface area contributed by atoms with Crippen LogP contribution in [0, 0.1) is 12.8 Å². The number of benzene rings is 1. The Morgan fingerprint density at radius 3 is 2.75 bits per heavy atom. The molecule has 3 nitrogen and oxygen atoms in total. The van der Waals surface area contributed by atoms with Crippen molar-refractivity contribution in [3.8, 4) is 0 Å². The molecule has 0 aliphatic heterocycles. The highest BCUT2D eigenvalue weighted by Gasteiger charge is 2.45. The fourth-order valence-corrected chi connectivity index (χ4v) is 3.40. The minimum absolute atomic E-state index is 0.0330. The summed E-state index contributed by atoms with van der Waals surface area (Å²) < 4.78 is 0. The van der Waals surface area contributed by atoms with Crippen LogP contribution >= 0.6 is 0 Å². The molecule has 1 aromatic rings. The van der Waals surface area contributed by atoms with E-state index >= 15 is 0 Å². The molecule has 4 atom stereocenters. The van der Waals surface area contributed by atoms with Crippen LogP contribution in [0.5, 0.6) is 0 Å². The van der Waals surface area contributed by atoms with Gasteiger partial charge in [-0.2, -0.15) is 0 Å². The standard InChI is InChI=1S/C17H23NO2/c1-11-6-2-3-7-12(11)13-10-14(13)17(20)18-15-8-4-5-9-16(15)19/h2-3,6-7,13-16,19H,4-5,8-10H2,1H3,(H,18,20). The van der Waals surface area contributed by atoms with E-state index in [1.807, 2.05) is 12.1 Å². The molecule has 1 amide bonds. The summed E-state index contributed by atoms with van der Waals surface area (Å²) in [5, 5.41) is 13.0. The second-order valence-electron chi connectivity index (χ2n) is 6.27. The number of aryl methyl sites for hydroxylation is 1. The van der Waals surface area contributed by atoms with Crippen molar-refractivity contribution < 1.29 is 9.90 Å². The maximum atomic E-state index is 12.3. The molecule has 1 aromatic carbocycles. The highest BCUT2D eigenvalue weighted by Crippen LogP contribution is 2.48. The summed E-state index contributed by atoms with van der Waals surface area (Å²) in [6, 6.07) is 8.28. The molecule has 2 aliphatic carbocycles. The maximum absolute atomic E-state index is 12.3. The van der Waals surface area contributed by atoms with Gasteiger partial charge in [0.25, 0.3) is 0 Å². The molecule has 2 saturated carbocycles. The Morgan fingerprint density at radius 2 is 2.00 bits per heavy atom. The lowest BCUT2D eigenvalue weighted by Gasteiger charge is -2.28. The van der Waals surface area contributed by atoms with Crippen LogP contribution in [0.1, 0.15) is 49.1 Å². The summed E-state index contributed by atoms with van der Waals surface area (Å²) in [5.74, 6) is 0.603. The summed E-state index contributed by atoms with van der Waals surface area (Å²) in [4.78, 5) is 12.3. The zero-order valence-corrected chi connectivity index (χ0v) is 12.0. The van der Waals surface area contributed by atoms with E-state index in [1.54, 1.807) is 0 Å². The highest BCUT2D eigenvalue weighted by molar-refractivity contribution is 5.83. The van der Waals surface area contributed by atoms with Crippen molar-refractivity contribution in [2.45, 2.75) is 57.1 Å². The Hall–Kier alpha value is -1.35. The number of hydrogen-bond acceptors (Lipinski definition) is 2. The first kappa shape index (κ1) is 13.6. The lowest BCUT2D eigenvalue weighted by atomic mass is 9.92. The van der Waals surface area contributed by atoms with Gasteiger partial charge in [-0.05, 0) is 43.2 Å². The van der Waals surface area contributed by atoms with Gasteiger partial charge in [-0.25, -0.2) is 0 Å². The Kier molecular flexibility index (Phi) is 3.79. The summed E-state index contributed by atoms with van der Waals surface area (Å²) >= 11 is 0. The third kappa shape index (κ3) is 2.73. The van der Waals surface area contributed by atoms with Gasteiger partial charge >= 0.3 is 0 Å². The molecule has 4 unspecified atom stereocenters. The van der Waals surface area contributed by atoms with E-state index < -0.39 is 0 Å². The molecule has 2 N–H and O–H groups in total. The van der Waals surface area contributed by atoms with Crippen molar-refractivity contribution in [1.82, 2.24) is 5.32 Å². The first-order chi connectivity index (χ1) is 9.66. The van der Waals surface area contributed by atoms with Crippen molar-refractivity contribution in [2.75, 3.05) is 0 Å². The fourth-order valence-electron chi connectivity index (χ4n) is 3.40. The Labute approximate surface area is 120 Å². The largest absolute Gasteiger partial charge is 0.391 e. The molecule has 20 heavy (non-hydrogen) atoms. The normalized spacial score (nSPS) is 32.7. The van der Waals surface area contributed by atoms with Crippen molar-refractivity contribution in [3.63, 3.8) is 0 Å². The Morgan fingerprint density at radius 1 is 1.25 bits per heavy atom. The maximum Gasteiger partial charge on any atom is 0.224 e. The van der Waals surface area contributed by atoms with E-state index in [4.69, 9.17) is 0 Å². The Balaban J connectivity index is 1.59. The molecule has 0 saturated heterocycles. The molecule has 0 radical (unpaired) electrons. The molecule has 0 bridgehead atoms. The molecular weight excluding hydrogens is 250 g/mol. The molecule has 108 valence electrons. The van der Waals surface area contributed by atoms with Gasteiger partial charge in [0, 0.05) is 5.92 Å². The Bertz CT molecular complexity index is 500. The van der Waals surface area contributed by atoms with Crippen molar-refractivity contribution in [1.29, 1.82) is 0 Å². The predicted molar refractivity (Wildman–Crippen MR) is 78.4 cm³/mol. The van der Waals surface area contributed by atoms with Crippen LogP contribution in [0.3, 0.4) is 0 Å². The van der Waals surface area contributed by atoms with E-state index in [0.29, 0.717) is 5.92 Å². The summed E-state index contributed by atoms with van der Waals surface area (Å²) in [7, 11) is 0. The molecule has 2 aliphatic rings. The van der Waals surface area contributed by atoms with E-state index in [9.17, 15) is 9.90 Å². The number of rotatable bonds is 3. The topological polar surface area (TPSA) is 49.3 Å². The van der Waals surface area contributed by atoms with Gasteiger partial charge in [0.15, 0.2) is 0 Å². The third-order valence-corrected chi connectivity index (χ3v) is 4.77. The van der Waals surface area contributed by atoms with Gasteiger partial charge in [0.1, 0.15) is 0 Å². The predicted octanol–water partition coefficient (Wildman–Crippen LogP) is 2.52. The molecule has 0 heterocycles. The summed E-state index contributed by atoms with van der Waals surface area (Å²) in [6.07, 6.45) is 4.49. The number of carbonyl (C=O) groups is 1. The minimum Gasteiger partial charge on any atom is -0.391 e. The number of nitrogens with one attached hydrogen (secondary N) is 1. The van der Waals surface area contributed by atoms with Crippen LogP contribution in [0.4, 0.5) is 0 Å². The molecular formula is C17H23NO2. The van der Waals surface area contributed by atoms with Gasteiger partial charge in [-0.15, -0.1) is 0 Å². The van der Waals surface area contributed by atoms with Gasteiger partial charge < -0.3 is 10.4 Å². The molecule has 3 heteroatoms. The third-order valence-electron chi connectivity index (χ3n) is 4.77. The van der Waals surface area contributed by atoms with Crippen molar-refractivity contribution >= 4 is 5.91 Å². The molecule has 3 rings (SSSR count). The van der Waals surface area contributed by atoms with Crippen LogP contribution in [0.2, 0.25) is 0 Å².